The van der Waals surface area contributed by atoms with Gasteiger partial charge >= 0.3 is 0 Å². The number of rotatable bonds is 2. The first-order chi connectivity index (χ1) is 8.02. The zero-order valence-corrected chi connectivity index (χ0v) is 10.7. The van der Waals surface area contributed by atoms with E-state index >= 15 is 0 Å². The lowest BCUT2D eigenvalue weighted by atomic mass is 10.2. The number of aromatic nitrogens is 1. The second-order valence-electron chi connectivity index (χ2n) is 4.35. The van der Waals surface area contributed by atoms with Crippen molar-refractivity contribution in [3.05, 3.63) is 23.9 Å². The van der Waals surface area contributed by atoms with E-state index in [-0.39, 0.29) is 17.5 Å². The number of anilines is 1. The summed E-state index contributed by atoms with van der Waals surface area (Å²) in [6.07, 6.45) is 0. The standard InChI is InChI=1S/C11H17N3O2S/c1-9-8-17(15,16)6-5-14(9)11-4-2-3-10(7-12)13-11/h2-4,9H,5-8,12H2,1H3. The van der Waals surface area contributed by atoms with Crippen molar-refractivity contribution in [2.75, 3.05) is 23.0 Å². The van der Waals surface area contributed by atoms with Crippen LogP contribution in [0.1, 0.15) is 12.6 Å². The van der Waals surface area contributed by atoms with E-state index in [1.54, 1.807) is 0 Å². The number of sulfone groups is 1. The molecule has 1 atom stereocenters. The van der Waals surface area contributed by atoms with Crippen molar-refractivity contribution in [1.82, 2.24) is 4.98 Å². The summed E-state index contributed by atoms with van der Waals surface area (Å²) in [5.74, 6) is 1.21. The predicted molar refractivity (Wildman–Crippen MR) is 67.6 cm³/mol. The van der Waals surface area contributed by atoms with Crippen LogP contribution >= 0.6 is 0 Å². The van der Waals surface area contributed by atoms with Crippen LogP contribution in [0.3, 0.4) is 0 Å². The highest BCUT2D eigenvalue weighted by Crippen LogP contribution is 2.19. The van der Waals surface area contributed by atoms with Crippen LogP contribution in [-0.2, 0) is 16.4 Å². The fraction of sp³-hybridized carbons (Fsp3) is 0.545. The molecule has 0 aromatic carbocycles. The topological polar surface area (TPSA) is 76.3 Å². The first-order valence-electron chi connectivity index (χ1n) is 5.65. The van der Waals surface area contributed by atoms with Gasteiger partial charge in [0.1, 0.15) is 5.82 Å². The van der Waals surface area contributed by atoms with Crippen LogP contribution in [0.2, 0.25) is 0 Å². The Morgan fingerprint density at radius 3 is 2.94 bits per heavy atom. The van der Waals surface area contributed by atoms with E-state index in [1.165, 1.54) is 0 Å². The first kappa shape index (κ1) is 12.3. The molecule has 94 valence electrons. The van der Waals surface area contributed by atoms with Gasteiger partial charge in [0, 0.05) is 19.1 Å². The minimum absolute atomic E-state index is 0.0331. The minimum atomic E-state index is -2.88. The van der Waals surface area contributed by atoms with Crippen molar-refractivity contribution in [1.29, 1.82) is 0 Å². The second kappa shape index (κ2) is 4.62. The molecule has 5 nitrogen and oxygen atoms in total. The molecule has 1 aliphatic heterocycles. The van der Waals surface area contributed by atoms with Gasteiger partial charge in [0.15, 0.2) is 9.84 Å². The van der Waals surface area contributed by atoms with Gasteiger partial charge in [0.2, 0.25) is 0 Å². The molecule has 1 aromatic rings. The van der Waals surface area contributed by atoms with Crippen LogP contribution in [0.15, 0.2) is 18.2 Å². The highest BCUT2D eigenvalue weighted by molar-refractivity contribution is 7.91. The molecule has 0 saturated carbocycles. The molecule has 0 radical (unpaired) electrons. The largest absolute Gasteiger partial charge is 0.352 e. The summed E-state index contributed by atoms with van der Waals surface area (Å²) in [5, 5.41) is 0. The molecule has 0 aliphatic carbocycles. The lowest BCUT2D eigenvalue weighted by Crippen LogP contribution is -2.47. The molecular weight excluding hydrogens is 238 g/mol. The molecule has 1 fully saturated rings. The van der Waals surface area contributed by atoms with E-state index in [4.69, 9.17) is 5.73 Å². The highest BCUT2D eigenvalue weighted by atomic mass is 32.2. The number of nitrogens with two attached hydrogens (primary N) is 1. The van der Waals surface area contributed by atoms with Gasteiger partial charge in [-0.25, -0.2) is 13.4 Å². The molecule has 0 spiro atoms. The van der Waals surface area contributed by atoms with Crippen LogP contribution < -0.4 is 10.6 Å². The van der Waals surface area contributed by atoms with Crippen molar-refractivity contribution in [2.45, 2.75) is 19.5 Å². The van der Waals surface area contributed by atoms with Gasteiger partial charge in [-0.15, -0.1) is 0 Å². The van der Waals surface area contributed by atoms with Gasteiger partial charge in [-0.05, 0) is 19.1 Å². The van der Waals surface area contributed by atoms with E-state index in [9.17, 15) is 8.42 Å². The molecule has 2 N–H and O–H groups in total. The SMILES string of the molecule is CC1CS(=O)(=O)CCN1c1cccc(CN)n1. The Balaban J connectivity index is 2.23. The summed E-state index contributed by atoms with van der Waals surface area (Å²) in [7, 11) is -2.88. The monoisotopic (exact) mass is 255 g/mol. The summed E-state index contributed by atoms with van der Waals surface area (Å²) >= 11 is 0. The summed E-state index contributed by atoms with van der Waals surface area (Å²) in [5.41, 5.74) is 6.37. The molecule has 1 unspecified atom stereocenters. The Hall–Kier alpha value is -1.14. The molecule has 17 heavy (non-hydrogen) atoms. The molecule has 2 heterocycles. The van der Waals surface area contributed by atoms with E-state index in [2.05, 4.69) is 4.98 Å². The zero-order valence-electron chi connectivity index (χ0n) is 9.83. The van der Waals surface area contributed by atoms with Crippen LogP contribution in [0.25, 0.3) is 0 Å². The molecule has 0 bridgehead atoms. The number of nitrogens with zero attached hydrogens (tertiary/aromatic N) is 2. The van der Waals surface area contributed by atoms with Gasteiger partial charge < -0.3 is 10.6 Å². The maximum atomic E-state index is 11.5. The summed E-state index contributed by atoms with van der Waals surface area (Å²) in [6, 6.07) is 5.64. The van der Waals surface area contributed by atoms with Gasteiger partial charge in [0.25, 0.3) is 0 Å². The lowest BCUT2D eigenvalue weighted by molar-refractivity contribution is 0.566. The van der Waals surface area contributed by atoms with E-state index in [0.717, 1.165) is 11.5 Å². The third kappa shape index (κ3) is 2.76. The van der Waals surface area contributed by atoms with Gasteiger partial charge in [-0.3, -0.25) is 0 Å². The molecule has 0 amide bonds. The van der Waals surface area contributed by atoms with Crippen molar-refractivity contribution >= 4 is 15.7 Å². The Labute approximate surface area is 102 Å². The molecule has 6 heteroatoms. The number of hydrogen-bond acceptors (Lipinski definition) is 5. The Bertz CT molecular complexity index is 501. The maximum Gasteiger partial charge on any atom is 0.154 e. The third-order valence-corrected chi connectivity index (χ3v) is 4.76. The van der Waals surface area contributed by atoms with Crippen LogP contribution in [0, 0.1) is 0 Å². The lowest BCUT2D eigenvalue weighted by Gasteiger charge is -2.34. The Morgan fingerprint density at radius 1 is 1.53 bits per heavy atom. The first-order valence-corrected chi connectivity index (χ1v) is 7.47. The number of pyridine rings is 1. The van der Waals surface area contributed by atoms with Gasteiger partial charge in [0.05, 0.1) is 17.2 Å². The predicted octanol–water partition coefficient (Wildman–Crippen LogP) is 0.164. The maximum absolute atomic E-state index is 11.5. The van der Waals surface area contributed by atoms with Crippen molar-refractivity contribution in [3.8, 4) is 0 Å². The average molecular weight is 255 g/mol. The van der Waals surface area contributed by atoms with Crippen molar-refractivity contribution in [2.24, 2.45) is 5.73 Å². The minimum Gasteiger partial charge on any atom is -0.352 e. The fourth-order valence-corrected chi connectivity index (χ4v) is 3.64. The van der Waals surface area contributed by atoms with Crippen molar-refractivity contribution < 1.29 is 8.42 Å². The quantitative estimate of drug-likeness (QED) is 0.815. The van der Waals surface area contributed by atoms with Crippen LogP contribution in [0.4, 0.5) is 5.82 Å². The smallest absolute Gasteiger partial charge is 0.154 e. The zero-order chi connectivity index (χ0) is 12.5. The van der Waals surface area contributed by atoms with Gasteiger partial charge in [-0.2, -0.15) is 0 Å². The summed E-state index contributed by atoms with van der Waals surface area (Å²) in [6.45, 7) is 2.81. The fourth-order valence-electron chi connectivity index (χ4n) is 2.08. The Morgan fingerprint density at radius 2 is 2.29 bits per heavy atom. The van der Waals surface area contributed by atoms with Crippen molar-refractivity contribution in [3.63, 3.8) is 0 Å². The number of hydrogen-bond donors (Lipinski definition) is 1. The molecule has 1 aromatic heterocycles. The van der Waals surface area contributed by atoms with E-state index < -0.39 is 9.84 Å². The summed E-state index contributed by atoms with van der Waals surface area (Å²) in [4.78, 5) is 6.45. The van der Waals surface area contributed by atoms with E-state index in [1.807, 2.05) is 30.0 Å². The highest BCUT2D eigenvalue weighted by Gasteiger charge is 2.28. The van der Waals surface area contributed by atoms with Gasteiger partial charge in [-0.1, -0.05) is 6.07 Å². The summed E-state index contributed by atoms with van der Waals surface area (Å²) < 4.78 is 23.0. The van der Waals surface area contributed by atoms with Crippen LogP contribution in [-0.4, -0.2) is 37.5 Å². The average Bonchev–Trinajstić information content (AvgIpc) is 2.28. The molecule has 1 aliphatic rings. The van der Waals surface area contributed by atoms with E-state index in [0.29, 0.717) is 13.1 Å². The van der Waals surface area contributed by atoms with Crippen LogP contribution in [0.5, 0.6) is 0 Å². The Kier molecular flexibility index (Phi) is 3.35. The molecule has 2 rings (SSSR count). The molecular formula is C11H17N3O2S. The molecule has 1 saturated heterocycles. The normalized spacial score (nSPS) is 23.6. The third-order valence-electron chi connectivity index (χ3n) is 2.97. The second-order valence-corrected chi connectivity index (χ2v) is 6.58.